The largest absolute Gasteiger partial charge is 0.606 e. The maximum Gasteiger partial charge on any atom is 0.171 e. The SMILES string of the molecule is CC(C)P1(=O)c2ccccc2[S+]([O-])c2cccc(N)c21. The molecule has 2 N–H and O–H groups in total. The molecule has 1 heterocycles. The van der Waals surface area contributed by atoms with Crippen molar-refractivity contribution >= 4 is 34.6 Å². The Labute approximate surface area is 121 Å². The quantitative estimate of drug-likeness (QED) is 0.500. The molecule has 0 bridgehead atoms. The lowest BCUT2D eigenvalue weighted by atomic mass is 10.3. The second-order valence-corrected chi connectivity index (χ2v) is 9.88. The monoisotopic (exact) mass is 305 g/mol. The summed E-state index contributed by atoms with van der Waals surface area (Å²) in [5.74, 6) is 0. The molecule has 5 heteroatoms. The second kappa shape index (κ2) is 4.66. The molecule has 0 amide bonds. The van der Waals surface area contributed by atoms with Crippen LogP contribution in [0.3, 0.4) is 0 Å². The van der Waals surface area contributed by atoms with E-state index in [0.717, 1.165) is 0 Å². The highest BCUT2D eigenvalue weighted by Gasteiger charge is 2.46. The summed E-state index contributed by atoms with van der Waals surface area (Å²) in [5.41, 5.74) is 6.46. The molecule has 2 aromatic carbocycles. The van der Waals surface area contributed by atoms with Gasteiger partial charge in [0.05, 0.1) is 10.6 Å². The number of hydrogen-bond acceptors (Lipinski definition) is 3. The Morgan fingerprint density at radius 2 is 1.75 bits per heavy atom. The van der Waals surface area contributed by atoms with Gasteiger partial charge >= 0.3 is 0 Å². The molecule has 3 rings (SSSR count). The Kier molecular flexibility index (Phi) is 3.20. The second-order valence-electron chi connectivity index (χ2n) is 5.18. The topological polar surface area (TPSA) is 66.1 Å². The summed E-state index contributed by atoms with van der Waals surface area (Å²) >= 11 is -1.32. The first-order valence-corrected chi connectivity index (χ1v) is 9.40. The van der Waals surface area contributed by atoms with Gasteiger partial charge < -0.3 is 14.9 Å². The van der Waals surface area contributed by atoms with Crippen LogP contribution in [0.2, 0.25) is 0 Å². The molecular weight excluding hydrogens is 289 g/mol. The first-order valence-electron chi connectivity index (χ1n) is 6.48. The maximum atomic E-state index is 13.7. The summed E-state index contributed by atoms with van der Waals surface area (Å²) < 4.78 is 26.4. The van der Waals surface area contributed by atoms with Gasteiger partial charge in [0.1, 0.15) is 0 Å². The third-order valence-electron chi connectivity index (χ3n) is 3.71. The van der Waals surface area contributed by atoms with Crippen LogP contribution in [0.4, 0.5) is 5.69 Å². The normalized spacial score (nSPS) is 24.3. The smallest absolute Gasteiger partial charge is 0.171 e. The summed E-state index contributed by atoms with van der Waals surface area (Å²) in [4.78, 5) is 1.25. The van der Waals surface area contributed by atoms with Crippen molar-refractivity contribution in [2.75, 3.05) is 5.73 Å². The van der Waals surface area contributed by atoms with E-state index in [-0.39, 0.29) is 5.66 Å². The average Bonchev–Trinajstić information content (AvgIpc) is 2.44. The van der Waals surface area contributed by atoms with E-state index in [2.05, 4.69) is 0 Å². The number of nitrogens with two attached hydrogens (primary N) is 1. The predicted molar refractivity (Wildman–Crippen MR) is 84.0 cm³/mol. The Hall–Kier alpha value is -1.22. The number of rotatable bonds is 1. The van der Waals surface area contributed by atoms with Crippen LogP contribution < -0.4 is 16.3 Å². The lowest BCUT2D eigenvalue weighted by Gasteiger charge is -2.32. The van der Waals surface area contributed by atoms with Crippen molar-refractivity contribution in [3.05, 3.63) is 42.5 Å². The van der Waals surface area contributed by atoms with Crippen molar-refractivity contribution in [2.24, 2.45) is 0 Å². The zero-order chi connectivity index (χ0) is 14.5. The van der Waals surface area contributed by atoms with E-state index in [1.807, 2.05) is 32.0 Å². The Morgan fingerprint density at radius 1 is 1.10 bits per heavy atom. The predicted octanol–water partition coefficient (Wildman–Crippen LogP) is 2.47. The van der Waals surface area contributed by atoms with Crippen LogP contribution in [-0.2, 0) is 15.7 Å². The molecule has 0 fully saturated rings. The maximum absolute atomic E-state index is 13.7. The Balaban J connectivity index is 2.44. The lowest BCUT2D eigenvalue weighted by Crippen LogP contribution is -2.36. The number of nitrogen functional groups attached to an aromatic ring is 1. The number of anilines is 1. The van der Waals surface area contributed by atoms with E-state index < -0.39 is 18.3 Å². The van der Waals surface area contributed by atoms with Crippen LogP contribution in [0, 0.1) is 0 Å². The van der Waals surface area contributed by atoms with Gasteiger partial charge in [-0.1, -0.05) is 32.0 Å². The first-order chi connectivity index (χ1) is 9.48. The Bertz CT molecular complexity index is 730. The van der Waals surface area contributed by atoms with Crippen molar-refractivity contribution in [2.45, 2.75) is 29.3 Å². The molecule has 1 aliphatic heterocycles. The van der Waals surface area contributed by atoms with Gasteiger partial charge in [-0.2, -0.15) is 0 Å². The molecule has 1 aliphatic rings. The van der Waals surface area contributed by atoms with Gasteiger partial charge in [0.15, 0.2) is 16.9 Å². The first kappa shape index (κ1) is 13.7. The van der Waals surface area contributed by atoms with Gasteiger partial charge in [0, 0.05) is 22.5 Å². The van der Waals surface area contributed by atoms with Gasteiger partial charge in [-0.25, -0.2) is 0 Å². The van der Waals surface area contributed by atoms with Crippen molar-refractivity contribution in [1.29, 1.82) is 0 Å². The van der Waals surface area contributed by atoms with E-state index in [1.54, 1.807) is 24.3 Å². The van der Waals surface area contributed by atoms with Crippen LogP contribution in [-0.4, -0.2) is 10.2 Å². The fourth-order valence-electron chi connectivity index (χ4n) is 2.71. The Morgan fingerprint density at radius 3 is 2.45 bits per heavy atom. The summed E-state index contributed by atoms with van der Waals surface area (Å²) in [6.07, 6.45) is 0. The highest BCUT2D eigenvalue weighted by Crippen LogP contribution is 2.55. The van der Waals surface area contributed by atoms with Crippen molar-refractivity contribution < 1.29 is 9.12 Å². The molecule has 3 nitrogen and oxygen atoms in total. The van der Waals surface area contributed by atoms with Crippen LogP contribution >= 0.6 is 7.14 Å². The molecule has 0 aromatic heterocycles. The third-order valence-corrected chi connectivity index (χ3v) is 9.23. The van der Waals surface area contributed by atoms with E-state index in [0.29, 0.717) is 26.1 Å². The van der Waals surface area contributed by atoms with Crippen molar-refractivity contribution in [3.63, 3.8) is 0 Å². The highest BCUT2D eigenvalue weighted by molar-refractivity contribution is 7.95. The molecule has 0 saturated heterocycles. The fourth-order valence-corrected chi connectivity index (χ4v) is 8.10. The molecule has 0 spiro atoms. The van der Waals surface area contributed by atoms with Gasteiger partial charge in [-0.3, -0.25) is 0 Å². The minimum atomic E-state index is -2.86. The van der Waals surface area contributed by atoms with Gasteiger partial charge in [0.2, 0.25) is 0 Å². The molecule has 2 unspecified atom stereocenters. The molecule has 0 saturated carbocycles. The molecule has 0 radical (unpaired) electrons. The van der Waals surface area contributed by atoms with E-state index in [4.69, 9.17) is 5.73 Å². The van der Waals surface area contributed by atoms with E-state index in [1.165, 1.54) is 0 Å². The summed E-state index contributed by atoms with van der Waals surface area (Å²) in [5, 5.41) is 1.28. The fraction of sp³-hybridized carbons (Fsp3) is 0.200. The average molecular weight is 305 g/mol. The van der Waals surface area contributed by atoms with Gasteiger partial charge in [-0.05, 0) is 24.3 Å². The van der Waals surface area contributed by atoms with E-state index in [9.17, 15) is 9.12 Å². The van der Waals surface area contributed by atoms with Gasteiger partial charge in [0.25, 0.3) is 0 Å². The third kappa shape index (κ3) is 1.69. The lowest BCUT2D eigenvalue weighted by molar-refractivity contribution is 0.577. The zero-order valence-corrected chi connectivity index (χ0v) is 13.1. The minimum absolute atomic E-state index is 0.0793. The zero-order valence-electron chi connectivity index (χ0n) is 11.4. The molecule has 20 heavy (non-hydrogen) atoms. The molecule has 104 valence electrons. The summed E-state index contributed by atoms with van der Waals surface area (Å²) in [6.45, 7) is 3.87. The van der Waals surface area contributed by atoms with Crippen LogP contribution in [0.5, 0.6) is 0 Å². The van der Waals surface area contributed by atoms with Crippen LogP contribution in [0.25, 0.3) is 0 Å². The molecule has 2 atom stereocenters. The summed E-state index contributed by atoms with van der Waals surface area (Å²) in [6, 6.07) is 12.6. The number of fused-ring (bicyclic) bond motifs is 2. The standard InChI is InChI=1S/C15H16NO2PS/c1-10(2)19(17)12-7-3-4-8-13(12)20(18)14-9-5-6-11(16)15(14)19/h3-10H,16H2,1-2H3. The molecule has 2 aromatic rings. The molecule has 0 aliphatic carbocycles. The minimum Gasteiger partial charge on any atom is -0.606 e. The van der Waals surface area contributed by atoms with Crippen molar-refractivity contribution in [1.82, 2.24) is 0 Å². The highest BCUT2D eigenvalue weighted by atomic mass is 32.2. The van der Waals surface area contributed by atoms with Crippen LogP contribution in [0.15, 0.2) is 52.3 Å². The number of benzene rings is 2. The van der Waals surface area contributed by atoms with E-state index >= 15 is 0 Å². The van der Waals surface area contributed by atoms with Crippen molar-refractivity contribution in [3.8, 4) is 0 Å². The molecular formula is C15H16NO2PS. The van der Waals surface area contributed by atoms with Crippen LogP contribution in [0.1, 0.15) is 13.8 Å². The van der Waals surface area contributed by atoms with Gasteiger partial charge in [-0.15, -0.1) is 0 Å². The number of hydrogen-bond donors (Lipinski definition) is 1. The summed E-state index contributed by atoms with van der Waals surface area (Å²) in [7, 11) is -2.86.